The largest absolute Gasteiger partial charge is 0.457 e. The Morgan fingerprint density at radius 1 is 0.792 bits per heavy atom. The van der Waals surface area contributed by atoms with Crippen molar-refractivity contribution >= 4 is 31.6 Å². The predicted molar refractivity (Wildman–Crippen MR) is 97.9 cm³/mol. The Morgan fingerprint density at radius 3 is 2.12 bits per heavy atom. The lowest BCUT2D eigenvalue weighted by molar-refractivity contribution is 0.483. The fourth-order valence-electron chi connectivity index (χ4n) is 2.06. The number of rotatable bonds is 5. The predicted octanol–water partition coefficient (Wildman–Crippen LogP) is 5.04. The first-order valence-electron chi connectivity index (χ1n) is 7.14. The third kappa shape index (κ3) is 4.15. The van der Waals surface area contributed by atoms with Gasteiger partial charge in [-0.15, -0.1) is 0 Å². The minimum Gasteiger partial charge on any atom is -0.457 e. The summed E-state index contributed by atoms with van der Waals surface area (Å²) in [4.78, 5) is 0.196. The third-order valence-corrected chi connectivity index (χ3v) is 5.06. The number of anilines is 1. The first-order chi connectivity index (χ1) is 11.5. The Kier molecular flexibility index (Phi) is 4.87. The maximum absolute atomic E-state index is 12.4. The summed E-state index contributed by atoms with van der Waals surface area (Å²) < 4.78 is 33.7. The highest BCUT2D eigenvalue weighted by atomic mass is 79.9. The molecule has 0 heterocycles. The standard InChI is InChI=1S/C18H14BrNO3S/c19-14-5-4-8-18(13-14)24(21,22)20-15-9-11-17(12-10-15)23-16-6-2-1-3-7-16/h1-13,20H. The highest BCUT2D eigenvalue weighted by Gasteiger charge is 2.14. The molecule has 0 aliphatic carbocycles. The summed E-state index contributed by atoms with van der Waals surface area (Å²) in [5.41, 5.74) is 0.468. The average molecular weight is 404 g/mol. The Hall–Kier alpha value is -2.31. The van der Waals surface area contributed by atoms with Gasteiger partial charge in [0.15, 0.2) is 0 Å². The Balaban J connectivity index is 1.74. The van der Waals surface area contributed by atoms with Gasteiger partial charge < -0.3 is 4.74 Å². The summed E-state index contributed by atoms with van der Waals surface area (Å²) in [5.74, 6) is 1.35. The molecule has 1 N–H and O–H groups in total. The van der Waals surface area contributed by atoms with Crippen molar-refractivity contribution in [2.75, 3.05) is 4.72 Å². The van der Waals surface area contributed by atoms with E-state index in [0.29, 0.717) is 15.9 Å². The van der Waals surface area contributed by atoms with Crippen LogP contribution < -0.4 is 9.46 Å². The molecular weight excluding hydrogens is 390 g/mol. The van der Waals surface area contributed by atoms with Gasteiger partial charge >= 0.3 is 0 Å². The first-order valence-corrected chi connectivity index (χ1v) is 9.42. The SMILES string of the molecule is O=S(=O)(Nc1ccc(Oc2ccccc2)cc1)c1cccc(Br)c1. The normalized spacial score (nSPS) is 11.0. The van der Waals surface area contributed by atoms with E-state index in [0.717, 1.165) is 5.75 Å². The van der Waals surface area contributed by atoms with Crippen LogP contribution in [0.4, 0.5) is 5.69 Å². The summed E-state index contributed by atoms with van der Waals surface area (Å²) in [7, 11) is -3.63. The zero-order valence-corrected chi connectivity index (χ0v) is 14.9. The lowest BCUT2D eigenvalue weighted by Crippen LogP contribution is -2.12. The topological polar surface area (TPSA) is 55.4 Å². The molecule has 0 fully saturated rings. The van der Waals surface area contributed by atoms with Gasteiger partial charge in [0.2, 0.25) is 0 Å². The first kappa shape index (κ1) is 16.5. The van der Waals surface area contributed by atoms with Gasteiger partial charge in [0.25, 0.3) is 10.0 Å². The molecule has 0 atom stereocenters. The van der Waals surface area contributed by atoms with Gasteiger partial charge in [-0.25, -0.2) is 8.42 Å². The molecule has 3 aromatic carbocycles. The van der Waals surface area contributed by atoms with E-state index in [9.17, 15) is 8.42 Å². The highest BCUT2D eigenvalue weighted by Crippen LogP contribution is 2.24. The van der Waals surface area contributed by atoms with E-state index in [1.165, 1.54) is 0 Å². The molecule has 0 unspecified atom stereocenters. The van der Waals surface area contributed by atoms with E-state index < -0.39 is 10.0 Å². The fourth-order valence-corrected chi connectivity index (χ4v) is 3.72. The molecule has 4 nitrogen and oxygen atoms in total. The molecule has 0 aliphatic heterocycles. The molecule has 0 saturated heterocycles. The number of sulfonamides is 1. The third-order valence-electron chi connectivity index (χ3n) is 3.19. The maximum Gasteiger partial charge on any atom is 0.261 e. The molecule has 0 bridgehead atoms. The highest BCUT2D eigenvalue weighted by molar-refractivity contribution is 9.10. The lowest BCUT2D eigenvalue weighted by Gasteiger charge is -2.10. The van der Waals surface area contributed by atoms with Crippen LogP contribution in [0.3, 0.4) is 0 Å². The van der Waals surface area contributed by atoms with Crippen LogP contribution in [0.25, 0.3) is 0 Å². The van der Waals surface area contributed by atoms with Crippen LogP contribution in [0.1, 0.15) is 0 Å². The van der Waals surface area contributed by atoms with Gasteiger partial charge in [-0.2, -0.15) is 0 Å². The van der Waals surface area contributed by atoms with Crippen LogP contribution in [0.15, 0.2) is 88.2 Å². The minimum absolute atomic E-state index is 0.196. The molecular formula is C18H14BrNO3S. The van der Waals surface area contributed by atoms with E-state index in [-0.39, 0.29) is 4.90 Å². The molecule has 0 saturated carbocycles. The monoisotopic (exact) mass is 403 g/mol. The van der Waals surface area contributed by atoms with Crippen molar-refractivity contribution in [2.45, 2.75) is 4.90 Å². The van der Waals surface area contributed by atoms with Crippen molar-refractivity contribution in [2.24, 2.45) is 0 Å². The summed E-state index contributed by atoms with van der Waals surface area (Å²) in [5, 5.41) is 0. The van der Waals surface area contributed by atoms with Crippen LogP contribution in [-0.2, 0) is 10.0 Å². The molecule has 0 radical (unpaired) electrons. The van der Waals surface area contributed by atoms with E-state index in [1.807, 2.05) is 30.3 Å². The molecule has 0 aliphatic rings. The second kappa shape index (κ2) is 7.07. The van der Waals surface area contributed by atoms with E-state index in [4.69, 9.17) is 4.74 Å². The second-order valence-corrected chi connectivity index (χ2v) is 7.60. The maximum atomic E-state index is 12.4. The number of halogens is 1. The number of hydrogen-bond acceptors (Lipinski definition) is 3. The molecule has 6 heteroatoms. The van der Waals surface area contributed by atoms with E-state index >= 15 is 0 Å². The molecule has 0 aromatic heterocycles. The molecule has 3 aromatic rings. The van der Waals surface area contributed by atoms with Gasteiger partial charge in [0.1, 0.15) is 11.5 Å². The number of nitrogens with one attached hydrogen (secondary N) is 1. The van der Waals surface area contributed by atoms with Crippen LogP contribution in [0.5, 0.6) is 11.5 Å². The van der Waals surface area contributed by atoms with E-state index in [2.05, 4.69) is 20.7 Å². The number of hydrogen-bond donors (Lipinski definition) is 1. The zero-order chi connectivity index (χ0) is 17.0. The van der Waals surface area contributed by atoms with Crippen molar-refractivity contribution < 1.29 is 13.2 Å². The van der Waals surface area contributed by atoms with Crippen LogP contribution in [0.2, 0.25) is 0 Å². The van der Waals surface area contributed by atoms with Crippen molar-refractivity contribution in [1.29, 1.82) is 0 Å². The summed E-state index contributed by atoms with van der Waals surface area (Å²) in [6.45, 7) is 0. The second-order valence-electron chi connectivity index (χ2n) is 5.00. The summed E-state index contributed by atoms with van der Waals surface area (Å²) in [6.07, 6.45) is 0. The molecule has 122 valence electrons. The number of benzene rings is 3. The van der Waals surface area contributed by atoms with Crippen LogP contribution in [0, 0.1) is 0 Å². The number of ether oxygens (including phenoxy) is 1. The van der Waals surface area contributed by atoms with E-state index in [1.54, 1.807) is 48.5 Å². The van der Waals surface area contributed by atoms with Gasteiger partial charge in [-0.3, -0.25) is 4.72 Å². The average Bonchev–Trinajstić information content (AvgIpc) is 2.57. The Morgan fingerprint density at radius 2 is 1.46 bits per heavy atom. The van der Waals surface area contributed by atoms with Crippen LogP contribution in [-0.4, -0.2) is 8.42 Å². The number of para-hydroxylation sites is 1. The Bertz CT molecular complexity index is 926. The van der Waals surface area contributed by atoms with Gasteiger partial charge in [-0.1, -0.05) is 40.2 Å². The van der Waals surface area contributed by atoms with Gasteiger partial charge in [0, 0.05) is 10.2 Å². The molecule has 24 heavy (non-hydrogen) atoms. The quantitative estimate of drug-likeness (QED) is 0.648. The molecule has 0 spiro atoms. The zero-order valence-electron chi connectivity index (χ0n) is 12.5. The molecule has 0 amide bonds. The van der Waals surface area contributed by atoms with Crippen molar-refractivity contribution in [3.8, 4) is 11.5 Å². The Labute approximate surface area is 149 Å². The minimum atomic E-state index is -3.63. The van der Waals surface area contributed by atoms with Crippen molar-refractivity contribution in [1.82, 2.24) is 0 Å². The van der Waals surface area contributed by atoms with Crippen molar-refractivity contribution in [3.63, 3.8) is 0 Å². The van der Waals surface area contributed by atoms with Crippen LogP contribution >= 0.6 is 15.9 Å². The lowest BCUT2D eigenvalue weighted by atomic mass is 10.3. The fraction of sp³-hybridized carbons (Fsp3) is 0. The smallest absolute Gasteiger partial charge is 0.261 e. The van der Waals surface area contributed by atoms with Crippen molar-refractivity contribution in [3.05, 3.63) is 83.3 Å². The van der Waals surface area contributed by atoms with Gasteiger partial charge in [-0.05, 0) is 54.6 Å². The summed E-state index contributed by atoms with van der Waals surface area (Å²) in [6, 6.07) is 22.7. The molecule has 3 rings (SSSR count). The summed E-state index contributed by atoms with van der Waals surface area (Å²) >= 11 is 3.27. The van der Waals surface area contributed by atoms with Gasteiger partial charge in [0.05, 0.1) is 4.90 Å².